The lowest BCUT2D eigenvalue weighted by molar-refractivity contribution is -0.123. The largest absolute Gasteiger partial charge is 0.493 e. The molecule has 6 nitrogen and oxygen atoms in total. The van der Waals surface area contributed by atoms with Gasteiger partial charge in [0.05, 0.1) is 20.6 Å². The molecule has 0 aromatic heterocycles. The molecule has 0 heterocycles. The van der Waals surface area contributed by atoms with Crippen molar-refractivity contribution in [3.8, 4) is 11.5 Å². The third kappa shape index (κ3) is 7.04. The van der Waals surface area contributed by atoms with E-state index in [0.717, 1.165) is 5.56 Å². The first-order valence-electron chi connectivity index (χ1n) is 7.70. The van der Waals surface area contributed by atoms with Crippen LogP contribution in [0.25, 0.3) is 0 Å². The minimum absolute atomic E-state index is 0.00846. The van der Waals surface area contributed by atoms with Gasteiger partial charge in [-0.15, -0.1) is 0 Å². The van der Waals surface area contributed by atoms with Crippen molar-refractivity contribution < 1.29 is 19.1 Å². The average Bonchev–Trinajstić information content (AvgIpc) is 2.50. The Morgan fingerprint density at radius 1 is 1.00 bits per heavy atom. The number of nitrogens with one attached hydrogen (secondary N) is 2. The zero-order chi connectivity index (χ0) is 17.2. The van der Waals surface area contributed by atoms with Crippen molar-refractivity contribution in [1.82, 2.24) is 10.6 Å². The molecule has 0 fully saturated rings. The van der Waals surface area contributed by atoms with Crippen LogP contribution in [0.1, 0.15) is 25.8 Å². The maximum atomic E-state index is 11.9. The van der Waals surface area contributed by atoms with E-state index < -0.39 is 0 Å². The Labute approximate surface area is 137 Å². The first kappa shape index (κ1) is 18.8. The quantitative estimate of drug-likeness (QED) is 0.676. The summed E-state index contributed by atoms with van der Waals surface area (Å²) >= 11 is 0. The molecule has 0 aliphatic carbocycles. The van der Waals surface area contributed by atoms with Crippen LogP contribution < -0.4 is 20.1 Å². The van der Waals surface area contributed by atoms with Gasteiger partial charge in [-0.1, -0.05) is 19.9 Å². The van der Waals surface area contributed by atoms with Crippen molar-refractivity contribution in [2.24, 2.45) is 5.92 Å². The van der Waals surface area contributed by atoms with Crippen molar-refractivity contribution in [3.63, 3.8) is 0 Å². The summed E-state index contributed by atoms with van der Waals surface area (Å²) in [5.41, 5.74) is 0.837. The minimum atomic E-state index is -0.102. The van der Waals surface area contributed by atoms with Gasteiger partial charge < -0.3 is 20.1 Å². The second-order valence-electron chi connectivity index (χ2n) is 5.66. The highest BCUT2D eigenvalue weighted by atomic mass is 16.5. The van der Waals surface area contributed by atoms with Crippen molar-refractivity contribution in [2.45, 2.75) is 26.7 Å². The van der Waals surface area contributed by atoms with E-state index in [4.69, 9.17) is 9.47 Å². The molecule has 1 aromatic rings. The molecule has 1 aromatic carbocycles. The van der Waals surface area contributed by atoms with E-state index in [1.54, 1.807) is 26.4 Å². The molecule has 23 heavy (non-hydrogen) atoms. The Balaban J connectivity index is 2.35. The van der Waals surface area contributed by atoms with Gasteiger partial charge in [-0.2, -0.15) is 0 Å². The number of rotatable bonds is 9. The molecule has 2 amide bonds. The third-order valence-corrected chi connectivity index (χ3v) is 3.18. The molecular weight excluding hydrogens is 296 g/mol. The highest BCUT2D eigenvalue weighted by molar-refractivity contribution is 5.79. The van der Waals surface area contributed by atoms with E-state index >= 15 is 0 Å². The molecule has 1 rings (SSSR count). The van der Waals surface area contributed by atoms with Crippen LogP contribution in [-0.2, 0) is 16.0 Å². The molecule has 0 saturated heterocycles. The Morgan fingerprint density at radius 3 is 2.17 bits per heavy atom. The third-order valence-electron chi connectivity index (χ3n) is 3.18. The van der Waals surface area contributed by atoms with Crippen LogP contribution in [0.3, 0.4) is 0 Å². The van der Waals surface area contributed by atoms with E-state index in [2.05, 4.69) is 10.6 Å². The molecule has 0 aliphatic rings. The summed E-state index contributed by atoms with van der Waals surface area (Å²) < 4.78 is 10.4. The first-order chi connectivity index (χ1) is 11.0. The molecule has 6 heteroatoms. The highest BCUT2D eigenvalue weighted by Crippen LogP contribution is 2.27. The molecule has 128 valence electrons. The number of methoxy groups -OCH3 is 2. The zero-order valence-corrected chi connectivity index (χ0v) is 14.3. The maximum Gasteiger partial charge on any atom is 0.224 e. The van der Waals surface area contributed by atoms with Gasteiger partial charge in [0, 0.05) is 19.5 Å². The lowest BCUT2D eigenvalue weighted by Crippen LogP contribution is -2.35. The number of carbonyl (C=O) groups excluding carboxylic acids is 2. The fourth-order valence-electron chi connectivity index (χ4n) is 2.09. The number of hydrogen-bond acceptors (Lipinski definition) is 4. The summed E-state index contributed by atoms with van der Waals surface area (Å²) in [5, 5.41) is 5.56. The first-order valence-corrected chi connectivity index (χ1v) is 7.70. The summed E-state index contributed by atoms with van der Waals surface area (Å²) in [4.78, 5) is 23.4. The van der Waals surface area contributed by atoms with Crippen molar-refractivity contribution >= 4 is 11.8 Å². The average molecular weight is 322 g/mol. The van der Waals surface area contributed by atoms with Crippen LogP contribution >= 0.6 is 0 Å². The second kappa shape index (κ2) is 9.71. The van der Waals surface area contributed by atoms with Crippen LogP contribution in [0.2, 0.25) is 0 Å². The lowest BCUT2D eigenvalue weighted by Gasteiger charge is -2.10. The number of carbonyl (C=O) groups is 2. The Hall–Kier alpha value is -2.24. The smallest absolute Gasteiger partial charge is 0.224 e. The van der Waals surface area contributed by atoms with Crippen molar-refractivity contribution in [3.05, 3.63) is 23.8 Å². The normalized spacial score (nSPS) is 10.3. The molecule has 0 radical (unpaired) electrons. The van der Waals surface area contributed by atoms with E-state index in [9.17, 15) is 9.59 Å². The Kier molecular flexibility index (Phi) is 7.94. The molecule has 0 spiro atoms. The van der Waals surface area contributed by atoms with Crippen LogP contribution in [0.4, 0.5) is 0 Å². The maximum absolute atomic E-state index is 11.9. The second-order valence-corrected chi connectivity index (χ2v) is 5.66. The summed E-state index contributed by atoms with van der Waals surface area (Å²) in [6.07, 6.45) is 0.750. The fourth-order valence-corrected chi connectivity index (χ4v) is 2.09. The van der Waals surface area contributed by atoms with Crippen LogP contribution in [0, 0.1) is 5.92 Å². The molecule has 0 bridgehead atoms. The molecule has 0 atom stereocenters. The van der Waals surface area contributed by atoms with Crippen molar-refractivity contribution in [1.29, 1.82) is 0 Å². The van der Waals surface area contributed by atoms with Crippen LogP contribution in [0.15, 0.2) is 18.2 Å². The molecule has 0 saturated carbocycles. The lowest BCUT2D eigenvalue weighted by atomic mass is 10.1. The van der Waals surface area contributed by atoms with E-state index in [-0.39, 0.29) is 18.2 Å². The summed E-state index contributed by atoms with van der Waals surface area (Å²) in [7, 11) is 3.12. The predicted molar refractivity (Wildman–Crippen MR) is 88.7 cm³/mol. The predicted octanol–water partition coefficient (Wildman–Crippen LogP) is 1.52. The zero-order valence-electron chi connectivity index (χ0n) is 14.3. The van der Waals surface area contributed by atoms with Gasteiger partial charge in [0.15, 0.2) is 11.5 Å². The van der Waals surface area contributed by atoms with E-state index in [1.165, 1.54) is 0 Å². The molecule has 0 aliphatic heterocycles. The monoisotopic (exact) mass is 322 g/mol. The van der Waals surface area contributed by atoms with Gasteiger partial charge in [0.25, 0.3) is 0 Å². The SMILES string of the molecule is COc1ccc(CC(=O)NCCNC(=O)CC(C)C)cc1OC. The van der Waals surface area contributed by atoms with Gasteiger partial charge in [-0.25, -0.2) is 0 Å². The summed E-state index contributed by atoms with van der Waals surface area (Å²) in [6, 6.07) is 5.38. The Bertz CT molecular complexity index is 529. The number of ether oxygens (including phenoxy) is 2. The molecule has 2 N–H and O–H groups in total. The van der Waals surface area contributed by atoms with Gasteiger partial charge in [0.1, 0.15) is 0 Å². The molecular formula is C17H26N2O4. The number of benzene rings is 1. The number of hydrogen-bond donors (Lipinski definition) is 2. The number of amides is 2. The topological polar surface area (TPSA) is 76.7 Å². The van der Waals surface area contributed by atoms with Gasteiger partial charge in [-0.3, -0.25) is 9.59 Å². The summed E-state index contributed by atoms with van der Waals surface area (Å²) in [6.45, 7) is 4.83. The van der Waals surface area contributed by atoms with Crippen LogP contribution in [-0.4, -0.2) is 39.1 Å². The fraction of sp³-hybridized carbons (Fsp3) is 0.529. The van der Waals surface area contributed by atoms with E-state index in [1.807, 2.05) is 19.9 Å². The standard InChI is InChI=1S/C17H26N2O4/c1-12(2)9-16(20)18-7-8-19-17(21)11-13-5-6-14(22-3)15(10-13)23-4/h5-6,10,12H,7-9,11H2,1-4H3,(H,18,20)(H,19,21). The Morgan fingerprint density at radius 2 is 1.61 bits per heavy atom. The highest BCUT2D eigenvalue weighted by Gasteiger charge is 2.08. The van der Waals surface area contributed by atoms with E-state index in [0.29, 0.717) is 36.9 Å². The van der Waals surface area contributed by atoms with Crippen molar-refractivity contribution in [2.75, 3.05) is 27.3 Å². The van der Waals surface area contributed by atoms with Gasteiger partial charge in [-0.05, 0) is 23.6 Å². The minimum Gasteiger partial charge on any atom is -0.493 e. The van der Waals surface area contributed by atoms with Crippen LogP contribution in [0.5, 0.6) is 11.5 Å². The van der Waals surface area contributed by atoms with Gasteiger partial charge >= 0.3 is 0 Å². The summed E-state index contributed by atoms with van der Waals surface area (Å²) in [5.74, 6) is 1.46. The van der Waals surface area contributed by atoms with Gasteiger partial charge in [0.2, 0.25) is 11.8 Å². The molecule has 0 unspecified atom stereocenters.